The van der Waals surface area contributed by atoms with E-state index in [2.05, 4.69) is 55.4 Å². The Morgan fingerprint density at radius 1 is 0.267 bits per heavy atom. The van der Waals surface area contributed by atoms with Crippen LogP contribution in [0.2, 0.25) is 0 Å². The molecular formula is C86H168O17P2. The Morgan fingerprint density at radius 2 is 0.457 bits per heavy atom. The minimum Gasteiger partial charge on any atom is -0.462 e. The standard InChI is InChI=1S/C86H168O17P2/c1-9-79(8)65-57-49-44-45-51-59-67-84(89)97-73-82(103-86(91)69-61-53-43-37-31-25-19-17-22-28-34-40-48-56-64-78(6)7)75-101-105(94,95)99-71-80(87)70-98-104(92,93)100-74-81(72-96-83(88)66-58-50-41-35-29-23-18-16-21-27-33-39-47-55-63-77(4)5)102-85(90)68-60-52-42-36-30-24-15-13-11-10-12-14-20-26-32-38-46-54-62-76(2)3/h76-82,87H,9-75H2,1-8H3,(H,92,93)(H,94,95)/t79?,80-,81-,82-/m1/s1. The van der Waals surface area contributed by atoms with Crippen LogP contribution in [0.1, 0.15) is 447 Å². The average Bonchev–Trinajstić information content (AvgIpc) is 0.905. The molecule has 105 heavy (non-hydrogen) atoms. The number of carbonyl (C=O) groups is 4. The second-order valence-corrected chi connectivity index (χ2v) is 35.5. The van der Waals surface area contributed by atoms with Crippen molar-refractivity contribution in [1.82, 2.24) is 0 Å². The van der Waals surface area contributed by atoms with Gasteiger partial charge in [-0.3, -0.25) is 37.3 Å². The van der Waals surface area contributed by atoms with E-state index in [4.69, 9.17) is 37.0 Å². The lowest BCUT2D eigenvalue weighted by Crippen LogP contribution is -2.30. The molecule has 3 unspecified atom stereocenters. The van der Waals surface area contributed by atoms with Gasteiger partial charge in [-0.05, 0) is 49.4 Å². The molecule has 0 aromatic heterocycles. The maximum absolute atomic E-state index is 13.1. The van der Waals surface area contributed by atoms with E-state index >= 15 is 0 Å². The monoisotopic (exact) mass is 1540 g/mol. The molecule has 0 amide bonds. The van der Waals surface area contributed by atoms with Crippen LogP contribution in [0, 0.1) is 23.7 Å². The van der Waals surface area contributed by atoms with Crippen molar-refractivity contribution in [3.63, 3.8) is 0 Å². The zero-order valence-electron chi connectivity index (χ0n) is 69.4. The molecule has 17 nitrogen and oxygen atoms in total. The van der Waals surface area contributed by atoms with Gasteiger partial charge in [0.1, 0.15) is 19.3 Å². The molecule has 0 bridgehead atoms. The number of carbonyl (C=O) groups excluding carboxylic acids is 4. The van der Waals surface area contributed by atoms with Crippen molar-refractivity contribution in [2.45, 2.75) is 465 Å². The van der Waals surface area contributed by atoms with Gasteiger partial charge in [0, 0.05) is 25.7 Å². The molecule has 0 aliphatic heterocycles. The summed E-state index contributed by atoms with van der Waals surface area (Å²) in [5.41, 5.74) is 0. The summed E-state index contributed by atoms with van der Waals surface area (Å²) in [5, 5.41) is 10.7. The minimum atomic E-state index is -4.97. The molecule has 0 rings (SSSR count). The summed E-state index contributed by atoms with van der Waals surface area (Å²) >= 11 is 0. The van der Waals surface area contributed by atoms with Crippen molar-refractivity contribution in [2.75, 3.05) is 39.6 Å². The molecule has 0 saturated carbocycles. The lowest BCUT2D eigenvalue weighted by Gasteiger charge is -2.21. The largest absolute Gasteiger partial charge is 0.472 e. The first-order chi connectivity index (χ1) is 50.6. The van der Waals surface area contributed by atoms with E-state index in [0.717, 1.165) is 120 Å². The highest BCUT2D eigenvalue weighted by atomic mass is 31.2. The Labute approximate surface area is 645 Å². The highest BCUT2D eigenvalue weighted by Crippen LogP contribution is 2.45. The summed E-state index contributed by atoms with van der Waals surface area (Å²) in [7, 11) is -9.93. The van der Waals surface area contributed by atoms with Crippen LogP contribution in [-0.2, 0) is 65.4 Å². The van der Waals surface area contributed by atoms with Crippen molar-refractivity contribution in [3.8, 4) is 0 Å². The van der Waals surface area contributed by atoms with Crippen molar-refractivity contribution >= 4 is 39.5 Å². The van der Waals surface area contributed by atoms with Gasteiger partial charge in [-0.2, -0.15) is 0 Å². The van der Waals surface area contributed by atoms with E-state index in [1.807, 2.05) is 0 Å². The smallest absolute Gasteiger partial charge is 0.462 e. The van der Waals surface area contributed by atoms with Gasteiger partial charge < -0.3 is 33.8 Å². The van der Waals surface area contributed by atoms with E-state index in [1.165, 1.54) is 244 Å². The van der Waals surface area contributed by atoms with Crippen LogP contribution in [0.25, 0.3) is 0 Å². The molecule has 0 fully saturated rings. The molecule has 0 aliphatic carbocycles. The van der Waals surface area contributed by atoms with E-state index in [9.17, 15) is 43.2 Å². The van der Waals surface area contributed by atoms with E-state index < -0.39 is 97.5 Å². The predicted octanol–water partition coefficient (Wildman–Crippen LogP) is 25.9. The molecule has 0 radical (unpaired) electrons. The molecule has 0 aromatic rings. The maximum Gasteiger partial charge on any atom is 0.472 e. The molecule has 0 aliphatic rings. The predicted molar refractivity (Wildman–Crippen MR) is 432 cm³/mol. The van der Waals surface area contributed by atoms with Gasteiger partial charge >= 0.3 is 39.5 Å². The second-order valence-electron chi connectivity index (χ2n) is 32.6. The molecule has 0 heterocycles. The number of hydrogen-bond donors (Lipinski definition) is 3. The van der Waals surface area contributed by atoms with E-state index in [1.54, 1.807) is 0 Å². The Kier molecular flexibility index (Phi) is 73.4. The summed E-state index contributed by atoms with van der Waals surface area (Å²) in [4.78, 5) is 73.2. The molecule has 0 saturated heterocycles. The van der Waals surface area contributed by atoms with Crippen LogP contribution in [0.4, 0.5) is 0 Å². The quantitative estimate of drug-likeness (QED) is 0.0222. The summed E-state index contributed by atoms with van der Waals surface area (Å²) in [6.07, 6.45) is 63.9. The first kappa shape index (κ1) is 103. The zero-order chi connectivity index (χ0) is 77.4. The van der Waals surface area contributed by atoms with Gasteiger partial charge in [0.2, 0.25) is 0 Å². The normalized spacial score (nSPS) is 14.2. The molecule has 624 valence electrons. The van der Waals surface area contributed by atoms with Gasteiger partial charge in [0.05, 0.1) is 26.4 Å². The number of phosphoric acid groups is 2. The van der Waals surface area contributed by atoms with Gasteiger partial charge in [-0.1, -0.05) is 396 Å². The average molecular weight is 1540 g/mol. The van der Waals surface area contributed by atoms with Crippen LogP contribution in [0.15, 0.2) is 0 Å². The number of aliphatic hydroxyl groups excluding tert-OH is 1. The lowest BCUT2D eigenvalue weighted by molar-refractivity contribution is -0.161. The molecule has 0 spiro atoms. The summed E-state index contributed by atoms with van der Waals surface area (Å²) in [6, 6.07) is 0. The third-order valence-corrected chi connectivity index (χ3v) is 22.3. The number of ether oxygens (including phenoxy) is 4. The van der Waals surface area contributed by atoms with E-state index in [0.29, 0.717) is 25.7 Å². The number of unbranched alkanes of at least 4 members (excludes halogenated alkanes) is 48. The topological polar surface area (TPSA) is 237 Å². The van der Waals surface area contributed by atoms with Crippen molar-refractivity contribution in [2.24, 2.45) is 23.7 Å². The van der Waals surface area contributed by atoms with Crippen LogP contribution in [0.3, 0.4) is 0 Å². The lowest BCUT2D eigenvalue weighted by atomic mass is 10.00. The van der Waals surface area contributed by atoms with Gasteiger partial charge in [0.25, 0.3) is 0 Å². The molecule has 0 aromatic carbocycles. The SMILES string of the molecule is CCC(C)CCCCCCCCC(=O)OC[C@H](COP(=O)(O)OC[C@H](O)COP(=O)(O)OC[C@@H](COC(=O)CCCCCCCCCCCCCCCCC(C)C)OC(=O)CCCCCCCCCCCCCCCCCCCCC(C)C)OC(=O)CCCCCCCCCCCCCCCCC(C)C. The zero-order valence-corrected chi connectivity index (χ0v) is 71.2. The summed E-state index contributed by atoms with van der Waals surface area (Å²) in [5.74, 6) is 1.04. The molecule has 3 N–H and O–H groups in total. The second kappa shape index (κ2) is 74.8. The number of phosphoric ester groups is 2. The fourth-order valence-electron chi connectivity index (χ4n) is 13.3. The van der Waals surface area contributed by atoms with Crippen LogP contribution < -0.4 is 0 Å². The fraction of sp³-hybridized carbons (Fsp3) is 0.953. The summed E-state index contributed by atoms with van der Waals surface area (Å²) < 4.78 is 68.9. The Balaban J connectivity index is 5.23. The number of rotatable bonds is 83. The highest BCUT2D eigenvalue weighted by Gasteiger charge is 2.31. The highest BCUT2D eigenvalue weighted by molar-refractivity contribution is 7.47. The first-order valence-electron chi connectivity index (χ1n) is 44.2. The Morgan fingerprint density at radius 3 is 0.676 bits per heavy atom. The number of hydrogen-bond acceptors (Lipinski definition) is 15. The van der Waals surface area contributed by atoms with Crippen molar-refractivity contribution < 1.29 is 80.2 Å². The van der Waals surface area contributed by atoms with Crippen LogP contribution >= 0.6 is 15.6 Å². The third-order valence-electron chi connectivity index (χ3n) is 20.4. The van der Waals surface area contributed by atoms with Crippen molar-refractivity contribution in [1.29, 1.82) is 0 Å². The van der Waals surface area contributed by atoms with E-state index in [-0.39, 0.29) is 25.7 Å². The minimum absolute atomic E-state index is 0.106. The fourth-order valence-corrected chi connectivity index (χ4v) is 14.9. The third kappa shape index (κ3) is 78.5. The Hall–Kier alpha value is -1.94. The number of aliphatic hydroxyl groups is 1. The van der Waals surface area contributed by atoms with Crippen LogP contribution in [0.5, 0.6) is 0 Å². The van der Waals surface area contributed by atoms with Gasteiger partial charge in [-0.15, -0.1) is 0 Å². The van der Waals surface area contributed by atoms with Crippen LogP contribution in [-0.4, -0.2) is 96.7 Å². The van der Waals surface area contributed by atoms with Crippen molar-refractivity contribution in [3.05, 3.63) is 0 Å². The van der Waals surface area contributed by atoms with Gasteiger partial charge in [0.15, 0.2) is 12.2 Å². The molecular weight excluding hydrogens is 1370 g/mol. The maximum atomic E-state index is 13.1. The first-order valence-corrected chi connectivity index (χ1v) is 47.2. The molecule has 19 heteroatoms. The Bertz CT molecular complexity index is 2040. The summed E-state index contributed by atoms with van der Waals surface area (Å²) in [6.45, 7) is 14.3. The van der Waals surface area contributed by atoms with Gasteiger partial charge in [-0.25, -0.2) is 9.13 Å². The molecule has 6 atom stereocenters. The number of esters is 4.